The zero-order valence-corrected chi connectivity index (χ0v) is 12.8. The molecule has 6 rings (SSSR count). The van der Waals surface area contributed by atoms with Crippen molar-refractivity contribution in [2.24, 2.45) is 23.7 Å². The predicted octanol–water partition coefficient (Wildman–Crippen LogP) is 3.57. The molecule has 2 N–H and O–H groups in total. The van der Waals surface area contributed by atoms with Crippen LogP contribution in [0.4, 0.5) is 5.69 Å². The first-order chi connectivity index (χ1) is 10.4. The SMILES string of the molecule is c1cc2c(c(CNC3C4CC5CC(C4)CC3C5)c1)NCC2. The fourth-order valence-corrected chi connectivity index (χ4v) is 6.04. The molecule has 2 heteroatoms. The molecule has 0 aromatic heterocycles. The lowest BCUT2D eigenvalue weighted by Gasteiger charge is -2.54. The van der Waals surface area contributed by atoms with Crippen LogP contribution in [-0.4, -0.2) is 12.6 Å². The molecule has 0 unspecified atom stereocenters. The van der Waals surface area contributed by atoms with Gasteiger partial charge in [-0.15, -0.1) is 0 Å². The van der Waals surface area contributed by atoms with Crippen molar-refractivity contribution < 1.29 is 0 Å². The fraction of sp³-hybridized carbons (Fsp3) is 0.684. The van der Waals surface area contributed by atoms with Gasteiger partial charge in [0.2, 0.25) is 0 Å². The van der Waals surface area contributed by atoms with Gasteiger partial charge < -0.3 is 10.6 Å². The van der Waals surface area contributed by atoms with E-state index in [9.17, 15) is 0 Å². The Morgan fingerprint density at radius 3 is 2.52 bits per heavy atom. The quantitative estimate of drug-likeness (QED) is 0.885. The van der Waals surface area contributed by atoms with Gasteiger partial charge in [0.1, 0.15) is 0 Å². The minimum Gasteiger partial charge on any atom is -0.384 e. The first kappa shape index (κ1) is 12.5. The Hall–Kier alpha value is -1.02. The molecule has 1 aromatic rings. The van der Waals surface area contributed by atoms with Crippen molar-refractivity contribution in [1.82, 2.24) is 5.32 Å². The highest BCUT2D eigenvalue weighted by Gasteiger charge is 2.47. The summed E-state index contributed by atoms with van der Waals surface area (Å²) in [5.41, 5.74) is 4.42. The lowest BCUT2D eigenvalue weighted by Crippen LogP contribution is -2.54. The number of fused-ring (bicyclic) bond motifs is 1. The van der Waals surface area contributed by atoms with E-state index in [-0.39, 0.29) is 0 Å². The number of nitrogens with one attached hydrogen (secondary N) is 2. The summed E-state index contributed by atoms with van der Waals surface area (Å²) in [6.07, 6.45) is 8.79. The zero-order chi connectivity index (χ0) is 13.8. The number of hydrogen-bond donors (Lipinski definition) is 2. The average molecular weight is 282 g/mol. The Labute approximate surface area is 127 Å². The van der Waals surface area contributed by atoms with Crippen LogP contribution < -0.4 is 10.6 Å². The van der Waals surface area contributed by atoms with Crippen LogP contribution in [0.5, 0.6) is 0 Å². The summed E-state index contributed by atoms with van der Waals surface area (Å²) in [5, 5.41) is 7.55. The Morgan fingerprint density at radius 1 is 1.00 bits per heavy atom. The number of anilines is 1. The van der Waals surface area contributed by atoms with E-state index in [0.29, 0.717) is 0 Å². The Kier molecular flexibility index (Phi) is 2.83. The minimum absolute atomic E-state index is 0.801. The maximum absolute atomic E-state index is 3.97. The van der Waals surface area contributed by atoms with Crippen LogP contribution in [0.2, 0.25) is 0 Å². The summed E-state index contributed by atoms with van der Waals surface area (Å²) in [6, 6.07) is 7.62. The lowest BCUT2D eigenvalue weighted by molar-refractivity contribution is -0.0142. The molecule has 112 valence electrons. The van der Waals surface area contributed by atoms with E-state index in [1.807, 2.05) is 0 Å². The highest BCUT2D eigenvalue weighted by atomic mass is 15.0. The standard InChI is InChI=1S/C19H26N2/c1-2-14-4-5-20-18(14)15(3-1)11-21-19-16-7-12-6-13(9-16)10-17(19)8-12/h1-3,12-13,16-17,19-21H,4-11H2. The highest BCUT2D eigenvalue weighted by Crippen LogP contribution is 2.53. The van der Waals surface area contributed by atoms with Crippen LogP contribution >= 0.6 is 0 Å². The number of benzene rings is 1. The van der Waals surface area contributed by atoms with Crippen molar-refractivity contribution in [3.63, 3.8) is 0 Å². The molecule has 0 spiro atoms. The lowest BCUT2D eigenvalue weighted by atomic mass is 9.54. The van der Waals surface area contributed by atoms with Crippen molar-refractivity contribution in [3.8, 4) is 0 Å². The molecule has 0 atom stereocenters. The van der Waals surface area contributed by atoms with E-state index in [0.717, 1.165) is 42.8 Å². The molecule has 21 heavy (non-hydrogen) atoms. The maximum Gasteiger partial charge on any atom is 0.0419 e. The minimum atomic E-state index is 0.801. The second kappa shape index (κ2) is 4.74. The molecule has 4 bridgehead atoms. The summed E-state index contributed by atoms with van der Waals surface area (Å²) >= 11 is 0. The third-order valence-corrected chi connectivity index (χ3v) is 6.69. The van der Waals surface area contributed by atoms with Gasteiger partial charge >= 0.3 is 0 Å². The largest absolute Gasteiger partial charge is 0.384 e. The summed E-state index contributed by atoms with van der Waals surface area (Å²) < 4.78 is 0. The van der Waals surface area contributed by atoms with Crippen LogP contribution in [0.15, 0.2) is 18.2 Å². The first-order valence-electron chi connectivity index (χ1n) is 8.95. The Morgan fingerprint density at radius 2 is 1.76 bits per heavy atom. The summed E-state index contributed by atoms with van der Waals surface area (Å²) in [4.78, 5) is 0. The van der Waals surface area contributed by atoms with E-state index >= 15 is 0 Å². The zero-order valence-electron chi connectivity index (χ0n) is 12.8. The molecule has 4 saturated carbocycles. The third-order valence-electron chi connectivity index (χ3n) is 6.69. The van der Waals surface area contributed by atoms with E-state index in [4.69, 9.17) is 0 Å². The van der Waals surface area contributed by atoms with Gasteiger partial charge in [-0.3, -0.25) is 0 Å². The van der Waals surface area contributed by atoms with E-state index in [1.165, 1.54) is 48.9 Å². The molecule has 1 aliphatic heterocycles. The van der Waals surface area contributed by atoms with Gasteiger partial charge in [0.15, 0.2) is 0 Å². The van der Waals surface area contributed by atoms with Gasteiger partial charge in [0.25, 0.3) is 0 Å². The fourth-order valence-electron chi connectivity index (χ4n) is 6.04. The van der Waals surface area contributed by atoms with Crippen molar-refractivity contribution in [2.45, 2.75) is 51.1 Å². The van der Waals surface area contributed by atoms with Crippen LogP contribution in [0.25, 0.3) is 0 Å². The molecule has 2 nitrogen and oxygen atoms in total. The molecule has 5 aliphatic rings. The summed E-state index contributed by atoms with van der Waals surface area (Å²) in [6.45, 7) is 2.17. The molecule has 4 aliphatic carbocycles. The second-order valence-corrected chi connectivity index (χ2v) is 7.97. The Balaban J connectivity index is 1.32. The molecule has 1 aromatic carbocycles. The smallest absolute Gasteiger partial charge is 0.0419 e. The normalized spacial score (nSPS) is 39.3. The molecular formula is C19H26N2. The molecule has 1 heterocycles. The van der Waals surface area contributed by atoms with Crippen molar-refractivity contribution in [3.05, 3.63) is 29.3 Å². The molecule has 4 fully saturated rings. The van der Waals surface area contributed by atoms with E-state index < -0.39 is 0 Å². The van der Waals surface area contributed by atoms with Crippen molar-refractivity contribution >= 4 is 5.69 Å². The Bertz CT molecular complexity index is 522. The predicted molar refractivity (Wildman–Crippen MR) is 86.3 cm³/mol. The first-order valence-corrected chi connectivity index (χ1v) is 8.95. The van der Waals surface area contributed by atoms with E-state index in [1.54, 1.807) is 6.42 Å². The summed E-state index contributed by atoms with van der Waals surface area (Å²) in [5.74, 6) is 4.11. The van der Waals surface area contributed by atoms with Crippen molar-refractivity contribution in [2.75, 3.05) is 11.9 Å². The van der Waals surface area contributed by atoms with Crippen molar-refractivity contribution in [1.29, 1.82) is 0 Å². The molecular weight excluding hydrogens is 256 g/mol. The van der Waals surface area contributed by atoms with Gasteiger partial charge in [-0.05, 0) is 73.3 Å². The highest BCUT2D eigenvalue weighted by molar-refractivity contribution is 5.61. The molecule has 0 saturated heterocycles. The van der Waals surface area contributed by atoms with Crippen LogP contribution in [0.3, 0.4) is 0 Å². The number of hydrogen-bond acceptors (Lipinski definition) is 2. The third kappa shape index (κ3) is 2.03. The number of para-hydroxylation sites is 1. The topological polar surface area (TPSA) is 24.1 Å². The van der Waals surface area contributed by atoms with Gasteiger partial charge in [-0.1, -0.05) is 18.2 Å². The molecule has 0 amide bonds. The molecule has 0 radical (unpaired) electrons. The van der Waals surface area contributed by atoms with Gasteiger partial charge in [0.05, 0.1) is 0 Å². The number of rotatable bonds is 3. The van der Waals surface area contributed by atoms with Crippen LogP contribution in [0.1, 0.15) is 43.2 Å². The van der Waals surface area contributed by atoms with Gasteiger partial charge in [-0.25, -0.2) is 0 Å². The van der Waals surface area contributed by atoms with Crippen LogP contribution in [0, 0.1) is 23.7 Å². The van der Waals surface area contributed by atoms with E-state index in [2.05, 4.69) is 28.8 Å². The average Bonchev–Trinajstić information content (AvgIpc) is 2.95. The van der Waals surface area contributed by atoms with Gasteiger partial charge in [0, 0.05) is 24.8 Å². The maximum atomic E-state index is 3.97. The second-order valence-electron chi connectivity index (χ2n) is 7.97. The van der Waals surface area contributed by atoms with Crippen LogP contribution in [-0.2, 0) is 13.0 Å². The summed E-state index contributed by atoms with van der Waals surface area (Å²) in [7, 11) is 0. The monoisotopic (exact) mass is 282 g/mol. The van der Waals surface area contributed by atoms with Gasteiger partial charge in [-0.2, -0.15) is 0 Å².